The van der Waals surface area contributed by atoms with E-state index >= 15 is 0 Å². The zero-order chi connectivity index (χ0) is 10.3. The van der Waals surface area contributed by atoms with Crippen LogP contribution in [0.3, 0.4) is 0 Å². The zero-order valence-electron chi connectivity index (χ0n) is 6.71. The average molecular weight is 275 g/mol. The number of nitrogens with one attached hydrogen (secondary N) is 1. The number of rotatable bonds is 1. The van der Waals surface area contributed by atoms with Gasteiger partial charge in [-0.1, -0.05) is 0 Å². The summed E-state index contributed by atoms with van der Waals surface area (Å²) in [7, 11) is 0. The highest BCUT2D eigenvalue weighted by Gasteiger charge is 2.15. The number of carboxylic acids is 1. The van der Waals surface area contributed by atoms with Crippen LogP contribution in [0, 0.1) is 0 Å². The number of aromatic amines is 1. The van der Waals surface area contributed by atoms with E-state index in [-0.39, 0.29) is 10.8 Å². The van der Waals surface area contributed by atoms with Crippen LogP contribution in [0.5, 0.6) is 0 Å². The number of hydrogen-bond acceptors (Lipinski definition) is 2. The summed E-state index contributed by atoms with van der Waals surface area (Å²) in [5.41, 5.74) is 1.08. The Bertz CT molecular complexity index is 523. The summed E-state index contributed by atoms with van der Waals surface area (Å²) in [5, 5.41) is 9.13. The molecule has 1 heterocycles. The van der Waals surface area contributed by atoms with E-state index in [1.165, 1.54) is 0 Å². The van der Waals surface area contributed by atoms with E-state index in [9.17, 15) is 4.79 Å². The fourth-order valence-corrected chi connectivity index (χ4v) is 1.90. The maximum absolute atomic E-state index is 10.9. The number of aromatic carboxylic acids is 1. The maximum atomic E-state index is 10.9. The molecule has 0 atom stereocenters. The molecule has 1 aromatic carbocycles. The third-order valence-corrected chi connectivity index (χ3v) is 2.63. The summed E-state index contributed by atoms with van der Waals surface area (Å²) < 4.78 is 0.487. The van der Waals surface area contributed by atoms with Crippen molar-refractivity contribution in [1.29, 1.82) is 0 Å². The quantitative estimate of drug-likeness (QED) is 0.841. The van der Waals surface area contributed by atoms with E-state index in [0.29, 0.717) is 15.5 Å². The highest BCUT2D eigenvalue weighted by Crippen LogP contribution is 2.25. The van der Waals surface area contributed by atoms with Crippen LogP contribution in [-0.4, -0.2) is 21.0 Å². The molecule has 0 unspecified atom stereocenters. The van der Waals surface area contributed by atoms with Gasteiger partial charge in [-0.15, -0.1) is 0 Å². The predicted molar refractivity (Wildman–Crippen MR) is 55.8 cm³/mol. The Kier molecular flexibility index (Phi) is 2.20. The molecule has 0 fully saturated rings. The monoisotopic (exact) mass is 274 g/mol. The van der Waals surface area contributed by atoms with E-state index in [4.69, 9.17) is 16.7 Å². The number of aromatic nitrogens is 2. The Balaban J connectivity index is 2.88. The normalized spacial score (nSPS) is 10.7. The first-order valence-corrected chi connectivity index (χ1v) is 4.83. The Labute approximate surface area is 92.0 Å². The highest BCUT2D eigenvalue weighted by atomic mass is 79.9. The van der Waals surface area contributed by atoms with Crippen LogP contribution in [0.4, 0.5) is 0 Å². The van der Waals surface area contributed by atoms with E-state index < -0.39 is 5.97 Å². The molecular weight excluding hydrogens is 271 g/mol. The second-order valence-electron chi connectivity index (χ2n) is 2.65. The molecule has 2 rings (SSSR count). The van der Waals surface area contributed by atoms with Crippen molar-refractivity contribution in [1.82, 2.24) is 9.97 Å². The Hall–Kier alpha value is -1.07. The number of fused-ring (bicyclic) bond motifs is 1. The second-order valence-corrected chi connectivity index (χ2v) is 3.86. The number of H-pyrrole nitrogens is 1. The molecule has 0 aliphatic heterocycles. The van der Waals surface area contributed by atoms with Crippen LogP contribution in [-0.2, 0) is 0 Å². The molecule has 6 heteroatoms. The number of halogens is 2. The van der Waals surface area contributed by atoms with Crippen LogP contribution >= 0.6 is 27.5 Å². The molecule has 1 aromatic heterocycles. The number of nitrogens with zero attached hydrogens (tertiary/aromatic N) is 1. The van der Waals surface area contributed by atoms with Crippen LogP contribution in [0.25, 0.3) is 11.0 Å². The summed E-state index contributed by atoms with van der Waals surface area (Å²) in [6.45, 7) is 0. The van der Waals surface area contributed by atoms with Crippen molar-refractivity contribution in [2.24, 2.45) is 0 Å². The minimum Gasteiger partial charge on any atom is -0.478 e. The maximum Gasteiger partial charge on any atom is 0.339 e. The molecule has 0 aliphatic rings. The number of benzene rings is 1. The lowest BCUT2D eigenvalue weighted by Crippen LogP contribution is -1.98. The lowest BCUT2D eigenvalue weighted by molar-refractivity contribution is 0.0698. The van der Waals surface area contributed by atoms with Crippen molar-refractivity contribution < 1.29 is 9.90 Å². The molecule has 4 nitrogen and oxygen atoms in total. The summed E-state index contributed by atoms with van der Waals surface area (Å²) in [5.74, 6) is -1.04. The van der Waals surface area contributed by atoms with Gasteiger partial charge in [0.05, 0.1) is 5.52 Å². The topological polar surface area (TPSA) is 66.0 Å². The van der Waals surface area contributed by atoms with Gasteiger partial charge in [-0.2, -0.15) is 0 Å². The second kappa shape index (κ2) is 3.25. The van der Waals surface area contributed by atoms with Gasteiger partial charge in [0.2, 0.25) is 5.28 Å². The molecule has 14 heavy (non-hydrogen) atoms. The number of hydrogen-bond donors (Lipinski definition) is 2. The van der Waals surface area contributed by atoms with Gasteiger partial charge in [0, 0.05) is 4.47 Å². The van der Waals surface area contributed by atoms with Crippen molar-refractivity contribution in [2.45, 2.75) is 0 Å². The summed E-state index contributed by atoms with van der Waals surface area (Å²) in [6, 6.07) is 3.35. The smallest absolute Gasteiger partial charge is 0.339 e. The molecule has 0 radical (unpaired) electrons. The Morgan fingerprint density at radius 3 is 2.93 bits per heavy atom. The minimum atomic E-state index is -1.04. The molecular formula is C8H4BrClN2O2. The summed E-state index contributed by atoms with van der Waals surface area (Å²) in [6.07, 6.45) is 0. The molecule has 2 N–H and O–H groups in total. The largest absolute Gasteiger partial charge is 0.478 e. The average Bonchev–Trinajstić information content (AvgIpc) is 2.43. The number of carbonyl (C=O) groups is 1. The Morgan fingerprint density at radius 1 is 1.57 bits per heavy atom. The number of carboxylic acid groups (broad SMARTS) is 1. The SMILES string of the molecule is O=C(O)c1c(Br)ccc2[nH]c(Cl)nc12. The first kappa shape index (κ1) is 9.48. The summed E-state index contributed by atoms with van der Waals surface area (Å²) >= 11 is 8.79. The molecule has 0 bridgehead atoms. The van der Waals surface area contributed by atoms with Gasteiger partial charge in [0.25, 0.3) is 0 Å². The van der Waals surface area contributed by atoms with Crippen LogP contribution in [0.15, 0.2) is 16.6 Å². The zero-order valence-corrected chi connectivity index (χ0v) is 9.06. The molecule has 0 aliphatic carbocycles. The van der Waals surface area contributed by atoms with Crippen molar-refractivity contribution in [2.75, 3.05) is 0 Å². The van der Waals surface area contributed by atoms with Gasteiger partial charge in [-0.25, -0.2) is 9.78 Å². The van der Waals surface area contributed by atoms with Gasteiger partial charge in [-0.05, 0) is 39.7 Å². The lowest BCUT2D eigenvalue weighted by Gasteiger charge is -1.98. The van der Waals surface area contributed by atoms with E-state index in [1.807, 2.05) is 0 Å². The molecule has 72 valence electrons. The van der Waals surface area contributed by atoms with Crippen LogP contribution < -0.4 is 0 Å². The van der Waals surface area contributed by atoms with Crippen molar-refractivity contribution in [3.63, 3.8) is 0 Å². The van der Waals surface area contributed by atoms with Crippen LogP contribution in [0.2, 0.25) is 5.28 Å². The van der Waals surface area contributed by atoms with Gasteiger partial charge in [0.15, 0.2) is 0 Å². The highest BCUT2D eigenvalue weighted by molar-refractivity contribution is 9.10. The molecule has 2 aromatic rings. The van der Waals surface area contributed by atoms with Gasteiger partial charge in [0.1, 0.15) is 11.1 Å². The van der Waals surface area contributed by atoms with E-state index in [2.05, 4.69) is 25.9 Å². The lowest BCUT2D eigenvalue weighted by atomic mass is 10.2. The van der Waals surface area contributed by atoms with Gasteiger partial charge in [-0.3, -0.25) is 0 Å². The predicted octanol–water partition coefficient (Wildman–Crippen LogP) is 2.68. The van der Waals surface area contributed by atoms with Crippen molar-refractivity contribution >= 4 is 44.5 Å². The first-order chi connectivity index (χ1) is 6.59. The van der Waals surface area contributed by atoms with E-state index in [0.717, 1.165) is 0 Å². The fourth-order valence-electron chi connectivity index (χ4n) is 1.22. The Morgan fingerprint density at radius 2 is 2.29 bits per heavy atom. The number of imidazole rings is 1. The fraction of sp³-hybridized carbons (Fsp3) is 0. The molecule has 0 spiro atoms. The van der Waals surface area contributed by atoms with Gasteiger partial charge < -0.3 is 10.1 Å². The standard InChI is InChI=1S/C8H4BrClN2O2/c9-3-1-2-4-6(5(3)7(13)14)12-8(10)11-4/h1-2H,(H,11,12)(H,13,14). The molecule has 0 amide bonds. The third-order valence-electron chi connectivity index (χ3n) is 1.79. The van der Waals surface area contributed by atoms with Crippen molar-refractivity contribution in [3.8, 4) is 0 Å². The summed E-state index contributed by atoms with van der Waals surface area (Å²) in [4.78, 5) is 17.6. The van der Waals surface area contributed by atoms with Crippen LogP contribution in [0.1, 0.15) is 10.4 Å². The third kappa shape index (κ3) is 1.38. The molecule has 0 saturated carbocycles. The van der Waals surface area contributed by atoms with Crippen molar-refractivity contribution in [3.05, 3.63) is 27.5 Å². The first-order valence-electron chi connectivity index (χ1n) is 3.66. The van der Waals surface area contributed by atoms with Gasteiger partial charge >= 0.3 is 5.97 Å². The molecule has 0 saturated heterocycles. The minimum absolute atomic E-state index is 0.116. The van der Waals surface area contributed by atoms with E-state index in [1.54, 1.807) is 12.1 Å².